The number of hydrogen-bond donors (Lipinski definition) is 1. The minimum Gasteiger partial charge on any atom is -0.494 e. The second-order valence-corrected chi connectivity index (χ2v) is 10.8. The van der Waals surface area contributed by atoms with E-state index in [2.05, 4.69) is 5.32 Å². The van der Waals surface area contributed by atoms with Crippen LogP contribution in [0.5, 0.6) is 5.75 Å². The van der Waals surface area contributed by atoms with Crippen LogP contribution in [0.15, 0.2) is 77.7 Å². The first kappa shape index (κ1) is 29.6. The molecule has 208 valence electrons. The van der Waals surface area contributed by atoms with E-state index in [0.29, 0.717) is 18.8 Å². The van der Waals surface area contributed by atoms with Gasteiger partial charge in [-0.15, -0.1) is 0 Å². The van der Waals surface area contributed by atoms with Crippen LogP contribution in [-0.2, 0) is 26.2 Å². The third kappa shape index (κ3) is 7.35. The first-order chi connectivity index (χ1) is 18.6. The highest BCUT2D eigenvalue weighted by Gasteiger charge is 2.33. The van der Waals surface area contributed by atoms with E-state index in [4.69, 9.17) is 4.74 Å². The first-order valence-corrected chi connectivity index (χ1v) is 14.1. The molecule has 0 fully saturated rings. The lowest BCUT2D eigenvalue weighted by Crippen LogP contribution is -2.51. The molecular weight excluding hydrogens is 521 g/mol. The molecule has 0 spiro atoms. The summed E-state index contributed by atoms with van der Waals surface area (Å²) in [7, 11) is -2.79. The Bertz CT molecular complexity index is 1360. The van der Waals surface area contributed by atoms with Crippen LogP contribution in [0.25, 0.3) is 0 Å². The van der Waals surface area contributed by atoms with E-state index in [1.807, 2.05) is 38.1 Å². The number of carbonyl (C=O) groups is 2. The van der Waals surface area contributed by atoms with E-state index in [1.165, 1.54) is 11.9 Å². The number of nitrogens with one attached hydrogen (secondary N) is 1. The van der Waals surface area contributed by atoms with Gasteiger partial charge >= 0.3 is 0 Å². The van der Waals surface area contributed by atoms with Crippen molar-refractivity contribution in [1.29, 1.82) is 0 Å². The molecule has 0 aromatic heterocycles. The maximum atomic E-state index is 13.9. The van der Waals surface area contributed by atoms with Gasteiger partial charge in [-0.2, -0.15) is 0 Å². The monoisotopic (exact) mass is 555 g/mol. The topological polar surface area (TPSA) is 96.0 Å². The fraction of sp³-hybridized carbons (Fsp3) is 0.310. The number of carbonyl (C=O) groups excluding carboxylic acids is 2. The summed E-state index contributed by atoms with van der Waals surface area (Å²) < 4.78 is 47.5. The molecule has 10 heteroatoms. The predicted octanol–water partition coefficient (Wildman–Crippen LogP) is 4.28. The molecule has 0 saturated heterocycles. The quantitative estimate of drug-likeness (QED) is 0.360. The highest BCUT2D eigenvalue weighted by molar-refractivity contribution is 7.92. The number of nitrogens with zero attached hydrogens (tertiary/aromatic N) is 2. The molecule has 0 unspecified atom stereocenters. The Morgan fingerprint density at radius 3 is 2.10 bits per heavy atom. The molecule has 0 heterocycles. The van der Waals surface area contributed by atoms with Crippen molar-refractivity contribution < 1.29 is 27.1 Å². The van der Waals surface area contributed by atoms with Crippen molar-refractivity contribution in [2.75, 3.05) is 24.5 Å². The van der Waals surface area contributed by atoms with E-state index in [0.717, 1.165) is 39.7 Å². The van der Waals surface area contributed by atoms with Gasteiger partial charge in [0.15, 0.2) is 0 Å². The van der Waals surface area contributed by atoms with E-state index in [1.54, 1.807) is 31.2 Å². The summed E-state index contributed by atoms with van der Waals surface area (Å²) in [6, 6.07) is 17.4. The molecule has 39 heavy (non-hydrogen) atoms. The summed E-state index contributed by atoms with van der Waals surface area (Å²) in [5.74, 6) is -0.964. The minimum atomic E-state index is -4.28. The van der Waals surface area contributed by atoms with Gasteiger partial charge in [0.1, 0.15) is 24.2 Å². The first-order valence-electron chi connectivity index (χ1n) is 12.7. The van der Waals surface area contributed by atoms with E-state index in [-0.39, 0.29) is 23.0 Å². The van der Waals surface area contributed by atoms with Crippen LogP contribution in [0.4, 0.5) is 10.1 Å². The molecule has 3 rings (SSSR count). The fourth-order valence-corrected chi connectivity index (χ4v) is 5.53. The van der Waals surface area contributed by atoms with Crippen molar-refractivity contribution in [3.05, 3.63) is 89.7 Å². The van der Waals surface area contributed by atoms with E-state index >= 15 is 0 Å². The molecule has 3 aromatic rings. The molecule has 3 aromatic carbocycles. The normalized spacial score (nSPS) is 11.9. The number of anilines is 1. The predicted molar refractivity (Wildman–Crippen MR) is 148 cm³/mol. The van der Waals surface area contributed by atoms with Gasteiger partial charge in [0.25, 0.3) is 10.0 Å². The van der Waals surface area contributed by atoms with E-state index in [9.17, 15) is 22.4 Å². The van der Waals surface area contributed by atoms with Crippen LogP contribution in [0.1, 0.15) is 31.4 Å². The number of benzene rings is 3. The number of ether oxygens (including phenoxy) is 1. The lowest BCUT2D eigenvalue weighted by atomic mass is 10.1. The number of aryl methyl sites for hydroxylation is 1. The number of sulfonamides is 1. The Labute approximate surface area is 229 Å². The van der Waals surface area contributed by atoms with Gasteiger partial charge in [-0.25, -0.2) is 12.8 Å². The van der Waals surface area contributed by atoms with Crippen molar-refractivity contribution in [3.8, 4) is 5.75 Å². The zero-order valence-electron chi connectivity index (χ0n) is 22.6. The Morgan fingerprint density at radius 2 is 1.56 bits per heavy atom. The Morgan fingerprint density at radius 1 is 0.949 bits per heavy atom. The van der Waals surface area contributed by atoms with Gasteiger partial charge < -0.3 is 15.0 Å². The van der Waals surface area contributed by atoms with Crippen molar-refractivity contribution in [2.45, 2.75) is 44.7 Å². The second-order valence-electron chi connectivity index (χ2n) is 8.94. The molecule has 0 aliphatic rings. The molecule has 0 aliphatic carbocycles. The molecule has 0 aliphatic heterocycles. The smallest absolute Gasteiger partial charge is 0.264 e. The van der Waals surface area contributed by atoms with Gasteiger partial charge in [0, 0.05) is 13.6 Å². The number of rotatable bonds is 12. The Kier molecular flexibility index (Phi) is 10.1. The zero-order valence-corrected chi connectivity index (χ0v) is 23.4. The average Bonchev–Trinajstić information content (AvgIpc) is 2.93. The summed E-state index contributed by atoms with van der Waals surface area (Å²) >= 11 is 0. The minimum absolute atomic E-state index is 0.110. The lowest BCUT2D eigenvalue weighted by molar-refractivity contribution is -0.140. The summed E-state index contributed by atoms with van der Waals surface area (Å²) in [6.07, 6.45) is 0.324. The largest absolute Gasteiger partial charge is 0.494 e. The summed E-state index contributed by atoms with van der Waals surface area (Å²) in [6.45, 7) is 5.53. The van der Waals surface area contributed by atoms with Gasteiger partial charge in [-0.05, 0) is 74.4 Å². The summed E-state index contributed by atoms with van der Waals surface area (Å²) in [5.41, 5.74) is 2.06. The van der Waals surface area contributed by atoms with Gasteiger partial charge in [-0.1, -0.05) is 36.8 Å². The van der Waals surface area contributed by atoms with Crippen molar-refractivity contribution in [2.24, 2.45) is 0 Å². The molecule has 0 radical (unpaired) electrons. The highest BCUT2D eigenvalue weighted by atomic mass is 32.2. The van der Waals surface area contributed by atoms with Crippen LogP contribution >= 0.6 is 0 Å². The van der Waals surface area contributed by atoms with Crippen molar-refractivity contribution in [1.82, 2.24) is 10.2 Å². The summed E-state index contributed by atoms with van der Waals surface area (Å²) in [4.78, 5) is 27.8. The maximum Gasteiger partial charge on any atom is 0.264 e. The van der Waals surface area contributed by atoms with Crippen molar-refractivity contribution >= 4 is 27.5 Å². The molecule has 8 nitrogen and oxygen atoms in total. The molecule has 1 N–H and O–H groups in total. The zero-order chi connectivity index (χ0) is 28.6. The molecule has 2 amide bonds. The van der Waals surface area contributed by atoms with Crippen LogP contribution in [-0.4, -0.2) is 51.4 Å². The van der Waals surface area contributed by atoms with Crippen LogP contribution in [0.3, 0.4) is 0 Å². The number of amides is 2. The third-order valence-electron chi connectivity index (χ3n) is 6.22. The molecule has 0 bridgehead atoms. The maximum absolute atomic E-state index is 13.9. The lowest BCUT2D eigenvalue weighted by Gasteiger charge is -2.33. The third-order valence-corrected chi connectivity index (χ3v) is 8.01. The van der Waals surface area contributed by atoms with E-state index < -0.39 is 34.3 Å². The highest BCUT2D eigenvalue weighted by Crippen LogP contribution is 2.27. The van der Waals surface area contributed by atoms with Crippen LogP contribution < -0.4 is 14.4 Å². The molecule has 0 saturated carbocycles. The van der Waals surface area contributed by atoms with Gasteiger partial charge in [0.2, 0.25) is 11.8 Å². The molecule has 1 atom stereocenters. The standard InChI is InChI=1S/C29H34FN3O5S/c1-5-27(29(35)31-4)32(19-22-9-7-21(3)8-10-22)28(34)20-33(24-13-15-25(16-14-24)38-6-2)39(36,37)26-17-11-23(30)12-18-26/h7-18,27H,5-6,19-20H2,1-4H3,(H,31,35)/t27-/m1/s1. The fourth-order valence-electron chi connectivity index (χ4n) is 4.11. The van der Waals surface area contributed by atoms with Gasteiger partial charge in [-0.3, -0.25) is 13.9 Å². The number of likely N-dealkylation sites (N-methyl/N-ethyl adjacent to an activating group) is 1. The van der Waals surface area contributed by atoms with Crippen LogP contribution in [0, 0.1) is 12.7 Å². The van der Waals surface area contributed by atoms with Crippen LogP contribution in [0.2, 0.25) is 0 Å². The van der Waals surface area contributed by atoms with Gasteiger partial charge in [0.05, 0.1) is 17.2 Å². The van der Waals surface area contributed by atoms with Crippen molar-refractivity contribution in [3.63, 3.8) is 0 Å². The Balaban J connectivity index is 2.05. The molecular formula is C29H34FN3O5S. The SMILES string of the molecule is CCOc1ccc(N(CC(=O)N(Cc2ccc(C)cc2)[C@H](CC)C(=O)NC)S(=O)(=O)c2ccc(F)cc2)cc1. The number of hydrogen-bond acceptors (Lipinski definition) is 5. The Hall–Kier alpha value is -3.92. The number of halogens is 1. The summed E-state index contributed by atoms with van der Waals surface area (Å²) in [5, 5.41) is 2.60. The second kappa shape index (κ2) is 13.2. The average molecular weight is 556 g/mol.